The fourth-order valence-corrected chi connectivity index (χ4v) is 1.61. The van der Waals surface area contributed by atoms with Crippen molar-refractivity contribution in [3.05, 3.63) is 36.1 Å². The van der Waals surface area contributed by atoms with Gasteiger partial charge in [-0.3, -0.25) is 4.79 Å². The van der Waals surface area contributed by atoms with Crippen LogP contribution in [-0.4, -0.2) is 12.5 Å². The largest absolute Gasteiger partial charge is 0.492 e. The number of nitrogens with two attached hydrogens (primary N) is 2. The standard InChI is InChI=1S/C13H14N2O3/c1-2-17-11-4-3-8(7-9(11)14)10-5-6-12(18-10)13(15)16/h3-7H,2,14H2,1H3,(H2,15,16). The van der Waals surface area contributed by atoms with Gasteiger partial charge in [0.25, 0.3) is 5.91 Å². The van der Waals surface area contributed by atoms with Gasteiger partial charge in [-0.15, -0.1) is 0 Å². The molecule has 1 heterocycles. The van der Waals surface area contributed by atoms with Gasteiger partial charge in [0.2, 0.25) is 0 Å². The third-order valence-electron chi connectivity index (χ3n) is 2.44. The second-order valence-corrected chi connectivity index (χ2v) is 3.71. The highest BCUT2D eigenvalue weighted by atomic mass is 16.5. The van der Waals surface area contributed by atoms with E-state index in [0.717, 1.165) is 5.56 Å². The first-order chi connectivity index (χ1) is 8.61. The van der Waals surface area contributed by atoms with E-state index in [1.807, 2.05) is 13.0 Å². The van der Waals surface area contributed by atoms with Gasteiger partial charge in [-0.05, 0) is 37.3 Å². The molecule has 1 amide bonds. The van der Waals surface area contributed by atoms with Gasteiger partial charge in [0, 0.05) is 5.56 Å². The smallest absolute Gasteiger partial charge is 0.284 e. The molecule has 5 heteroatoms. The quantitative estimate of drug-likeness (QED) is 0.807. The van der Waals surface area contributed by atoms with Crippen LogP contribution in [0.3, 0.4) is 0 Å². The van der Waals surface area contributed by atoms with Gasteiger partial charge >= 0.3 is 0 Å². The Morgan fingerprint density at radius 1 is 1.33 bits per heavy atom. The fourth-order valence-electron chi connectivity index (χ4n) is 1.61. The Morgan fingerprint density at radius 2 is 2.11 bits per heavy atom. The lowest BCUT2D eigenvalue weighted by Crippen LogP contribution is -2.09. The summed E-state index contributed by atoms with van der Waals surface area (Å²) in [5.74, 6) is 0.694. The molecule has 4 N–H and O–H groups in total. The second-order valence-electron chi connectivity index (χ2n) is 3.71. The molecule has 0 radical (unpaired) electrons. The van der Waals surface area contributed by atoms with E-state index in [1.165, 1.54) is 6.07 Å². The van der Waals surface area contributed by atoms with Crippen LogP contribution in [0.1, 0.15) is 17.5 Å². The van der Waals surface area contributed by atoms with Crippen molar-refractivity contribution in [3.63, 3.8) is 0 Å². The number of carbonyl (C=O) groups is 1. The van der Waals surface area contributed by atoms with Crippen LogP contribution in [0.15, 0.2) is 34.7 Å². The molecular weight excluding hydrogens is 232 g/mol. The maximum Gasteiger partial charge on any atom is 0.284 e. The van der Waals surface area contributed by atoms with Crippen LogP contribution in [-0.2, 0) is 0 Å². The molecular formula is C13H14N2O3. The number of ether oxygens (including phenoxy) is 1. The van der Waals surface area contributed by atoms with Crippen LogP contribution in [0, 0.1) is 0 Å². The van der Waals surface area contributed by atoms with E-state index < -0.39 is 5.91 Å². The van der Waals surface area contributed by atoms with Crippen LogP contribution in [0.4, 0.5) is 5.69 Å². The monoisotopic (exact) mass is 246 g/mol. The molecule has 0 fully saturated rings. The summed E-state index contributed by atoms with van der Waals surface area (Å²) < 4.78 is 10.7. The zero-order chi connectivity index (χ0) is 13.1. The number of primary amides is 1. The summed E-state index contributed by atoms with van der Waals surface area (Å²) >= 11 is 0. The number of rotatable bonds is 4. The van der Waals surface area contributed by atoms with Gasteiger partial charge < -0.3 is 20.6 Å². The molecule has 94 valence electrons. The van der Waals surface area contributed by atoms with Crippen LogP contribution in [0.25, 0.3) is 11.3 Å². The SMILES string of the molecule is CCOc1ccc(-c2ccc(C(N)=O)o2)cc1N. The molecule has 5 nitrogen and oxygen atoms in total. The highest BCUT2D eigenvalue weighted by Gasteiger charge is 2.10. The first-order valence-electron chi connectivity index (χ1n) is 5.54. The zero-order valence-electron chi connectivity index (χ0n) is 9.97. The summed E-state index contributed by atoms with van der Waals surface area (Å²) in [5, 5.41) is 0. The number of amides is 1. The Hall–Kier alpha value is -2.43. The van der Waals surface area contributed by atoms with Gasteiger partial charge in [0.1, 0.15) is 11.5 Å². The predicted octanol–water partition coefficient (Wildman–Crippen LogP) is 2.03. The van der Waals surface area contributed by atoms with Crippen molar-refractivity contribution in [2.45, 2.75) is 6.92 Å². The molecule has 2 aromatic rings. The molecule has 0 aliphatic carbocycles. The highest BCUT2D eigenvalue weighted by molar-refractivity contribution is 5.90. The minimum atomic E-state index is -0.597. The Kier molecular flexibility index (Phi) is 3.23. The first kappa shape index (κ1) is 12.0. The van der Waals surface area contributed by atoms with Gasteiger partial charge in [0.05, 0.1) is 12.3 Å². The minimum Gasteiger partial charge on any atom is -0.492 e. The lowest BCUT2D eigenvalue weighted by Gasteiger charge is -2.07. The van der Waals surface area contributed by atoms with Crippen molar-refractivity contribution in [1.82, 2.24) is 0 Å². The van der Waals surface area contributed by atoms with Crippen molar-refractivity contribution in [2.24, 2.45) is 5.73 Å². The van der Waals surface area contributed by atoms with Gasteiger partial charge in [-0.25, -0.2) is 0 Å². The van der Waals surface area contributed by atoms with E-state index in [1.54, 1.807) is 18.2 Å². The van der Waals surface area contributed by atoms with Crippen LogP contribution in [0.2, 0.25) is 0 Å². The van der Waals surface area contributed by atoms with E-state index in [2.05, 4.69) is 0 Å². The van der Waals surface area contributed by atoms with Crippen molar-refractivity contribution in [3.8, 4) is 17.1 Å². The average molecular weight is 246 g/mol. The lowest BCUT2D eigenvalue weighted by molar-refractivity contribution is 0.0974. The van der Waals surface area contributed by atoms with E-state index in [9.17, 15) is 4.79 Å². The highest BCUT2D eigenvalue weighted by Crippen LogP contribution is 2.29. The van der Waals surface area contributed by atoms with E-state index in [4.69, 9.17) is 20.6 Å². The van der Waals surface area contributed by atoms with Gasteiger partial charge in [-0.2, -0.15) is 0 Å². The molecule has 0 spiro atoms. The number of carbonyl (C=O) groups excluding carboxylic acids is 1. The molecule has 1 aromatic heterocycles. The molecule has 0 unspecified atom stereocenters. The number of benzene rings is 1. The van der Waals surface area contributed by atoms with Crippen molar-refractivity contribution >= 4 is 11.6 Å². The first-order valence-corrected chi connectivity index (χ1v) is 5.54. The molecule has 0 aliphatic heterocycles. The Bertz CT molecular complexity index is 575. The second kappa shape index (κ2) is 4.83. The predicted molar refractivity (Wildman–Crippen MR) is 68.2 cm³/mol. The van der Waals surface area contributed by atoms with Gasteiger partial charge in [-0.1, -0.05) is 0 Å². The number of anilines is 1. The Labute approximate surface area is 104 Å². The van der Waals surface area contributed by atoms with E-state index in [0.29, 0.717) is 23.8 Å². The summed E-state index contributed by atoms with van der Waals surface area (Å²) in [6.07, 6.45) is 0. The van der Waals surface area contributed by atoms with E-state index in [-0.39, 0.29) is 5.76 Å². The minimum absolute atomic E-state index is 0.123. The molecule has 0 saturated heterocycles. The maximum absolute atomic E-state index is 10.9. The average Bonchev–Trinajstić information content (AvgIpc) is 2.81. The Morgan fingerprint density at radius 3 is 2.67 bits per heavy atom. The van der Waals surface area contributed by atoms with Crippen molar-refractivity contribution in [1.29, 1.82) is 0 Å². The molecule has 1 aromatic carbocycles. The van der Waals surface area contributed by atoms with E-state index >= 15 is 0 Å². The lowest BCUT2D eigenvalue weighted by atomic mass is 10.1. The van der Waals surface area contributed by atoms with Crippen molar-refractivity contribution in [2.75, 3.05) is 12.3 Å². The summed E-state index contributed by atoms with van der Waals surface area (Å²) in [5.41, 5.74) is 12.3. The van der Waals surface area contributed by atoms with Gasteiger partial charge in [0.15, 0.2) is 5.76 Å². The molecule has 18 heavy (non-hydrogen) atoms. The van der Waals surface area contributed by atoms with Crippen LogP contribution in [0.5, 0.6) is 5.75 Å². The fraction of sp³-hybridized carbons (Fsp3) is 0.154. The molecule has 0 aliphatic rings. The third kappa shape index (κ3) is 2.29. The summed E-state index contributed by atoms with van der Waals surface area (Å²) in [6, 6.07) is 8.51. The zero-order valence-corrected chi connectivity index (χ0v) is 9.97. The number of hydrogen-bond acceptors (Lipinski definition) is 4. The van der Waals surface area contributed by atoms with Crippen LogP contribution < -0.4 is 16.2 Å². The summed E-state index contributed by atoms with van der Waals surface area (Å²) in [6.45, 7) is 2.44. The van der Waals surface area contributed by atoms with Crippen molar-refractivity contribution < 1.29 is 13.9 Å². The number of hydrogen-bond donors (Lipinski definition) is 2. The number of furan rings is 1. The molecule has 0 saturated carbocycles. The Balaban J connectivity index is 2.33. The summed E-state index contributed by atoms with van der Waals surface area (Å²) in [7, 11) is 0. The molecule has 2 rings (SSSR count). The third-order valence-corrected chi connectivity index (χ3v) is 2.44. The molecule has 0 atom stereocenters. The molecule has 0 bridgehead atoms. The maximum atomic E-state index is 10.9. The number of nitrogen functional groups attached to an aromatic ring is 1. The summed E-state index contributed by atoms with van der Waals surface area (Å²) in [4.78, 5) is 10.9. The normalized spacial score (nSPS) is 10.3. The van der Waals surface area contributed by atoms with Crippen LogP contribution >= 0.6 is 0 Å². The topological polar surface area (TPSA) is 91.5 Å².